The Balaban J connectivity index is 1.70. The molecule has 1 aliphatic rings. The molecule has 1 aromatic heterocycles. The Bertz CT molecular complexity index is 675. The van der Waals surface area contributed by atoms with Crippen LogP contribution in [0.3, 0.4) is 0 Å². The van der Waals surface area contributed by atoms with Crippen molar-refractivity contribution in [1.29, 1.82) is 0 Å². The molecule has 2 aromatic rings. The number of nitrogens with zero attached hydrogens (tertiary/aromatic N) is 3. The van der Waals surface area contributed by atoms with Crippen LogP contribution < -0.4 is 9.64 Å². The van der Waals surface area contributed by atoms with E-state index in [1.807, 2.05) is 24.3 Å². The number of fused-ring (bicyclic) bond motifs is 1. The second-order valence-corrected chi connectivity index (χ2v) is 5.65. The van der Waals surface area contributed by atoms with Gasteiger partial charge in [-0.15, -0.1) is 0 Å². The van der Waals surface area contributed by atoms with Crippen LogP contribution in [0.15, 0.2) is 48.7 Å². The highest BCUT2D eigenvalue weighted by Gasteiger charge is 2.27. The monoisotopic (exact) mass is 311 g/mol. The summed E-state index contributed by atoms with van der Waals surface area (Å²) in [5.41, 5.74) is 1.57. The van der Waals surface area contributed by atoms with Crippen molar-refractivity contribution in [2.75, 3.05) is 31.6 Å². The van der Waals surface area contributed by atoms with Crippen LogP contribution in [0.4, 0.5) is 5.69 Å². The van der Waals surface area contributed by atoms with E-state index in [0.29, 0.717) is 12.2 Å². The maximum atomic E-state index is 12.4. The van der Waals surface area contributed by atoms with Crippen LogP contribution in [-0.2, 0) is 0 Å². The second-order valence-electron chi connectivity index (χ2n) is 5.65. The average Bonchev–Trinajstić information content (AvgIpc) is 2.61. The van der Waals surface area contributed by atoms with Crippen molar-refractivity contribution in [2.24, 2.45) is 0 Å². The normalized spacial score (nSPS) is 16.4. The molecule has 0 fully saturated rings. The minimum absolute atomic E-state index is 0.0532. The molecule has 0 spiro atoms. The van der Waals surface area contributed by atoms with E-state index in [0.717, 1.165) is 24.5 Å². The SMILES string of the molecule is CCN1C[C@@H](CN(C)C(=O)c2ccccn2)Oc2ccccc21. The summed E-state index contributed by atoms with van der Waals surface area (Å²) in [5, 5.41) is 0. The molecule has 0 saturated heterocycles. The molecular weight excluding hydrogens is 290 g/mol. The molecule has 1 aromatic carbocycles. The van der Waals surface area contributed by atoms with Gasteiger partial charge >= 0.3 is 0 Å². The average molecular weight is 311 g/mol. The second kappa shape index (κ2) is 6.69. The van der Waals surface area contributed by atoms with Crippen molar-refractivity contribution < 1.29 is 9.53 Å². The topological polar surface area (TPSA) is 45.7 Å². The zero-order valence-electron chi connectivity index (χ0n) is 13.5. The molecule has 0 bridgehead atoms. The van der Waals surface area contributed by atoms with Crippen LogP contribution in [0.25, 0.3) is 0 Å². The summed E-state index contributed by atoms with van der Waals surface area (Å²) in [6, 6.07) is 13.4. The fourth-order valence-corrected chi connectivity index (χ4v) is 2.85. The maximum absolute atomic E-state index is 12.4. The lowest BCUT2D eigenvalue weighted by Gasteiger charge is -2.37. The fourth-order valence-electron chi connectivity index (χ4n) is 2.85. The van der Waals surface area contributed by atoms with E-state index in [2.05, 4.69) is 22.9 Å². The van der Waals surface area contributed by atoms with E-state index in [1.54, 1.807) is 30.3 Å². The first kappa shape index (κ1) is 15.3. The van der Waals surface area contributed by atoms with Gasteiger partial charge in [-0.25, -0.2) is 0 Å². The van der Waals surface area contributed by atoms with Crippen molar-refractivity contribution in [3.05, 3.63) is 54.4 Å². The van der Waals surface area contributed by atoms with E-state index < -0.39 is 0 Å². The number of benzene rings is 1. The number of ether oxygens (including phenoxy) is 1. The molecule has 5 heteroatoms. The zero-order chi connectivity index (χ0) is 16.2. The molecule has 0 aliphatic carbocycles. The number of anilines is 1. The molecule has 1 amide bonds. The number of amides is 1. The Morgan fingerprint density at radius 1 is 1.30 bits per heavy atom. The molecule has 1 aliphatic heterocycles. The van der Waals surface area contributed by atoms with Gasteiger partial charge in [0.15, 0.2) is 0 Å². The number of hydrogen-bond donors (Lipinski definition) is 0. The van der Waals surface area contributed by atoms with Crippen molar-refractivity contribution in [1.82, 2.24) is 9.88 Å². The number of carbonyl (C=O) groups excluding carboxylic acids is 1. The third-order valence-electron chi connectivity index (χ3n) is 4.01. The number of para-hydroxylation sites is 2. The Morgan fingerprint density at radius 2 is 2.09 bits per heavy atom. The van der Waals surface area contributed by atoms with Gasteiger partial charge in [-0.2, -0.15) is 0 Å². The van der Waals surface area contributed by atoms with Crippen molar-refractivity contribution in [3.8, 4) is 5.75 Å². The predicted molar refractivity (Wildman–Crippen MR) is 89.9 cm³/mol. The van der Waals surface area contributed by atoms with Gasteiger partial charge in [0.1, 0.15) is 17.5 Å². The van der Waals surface area contributed by atoms with E-state index in [1.165, 1.54) is 0 Å². The van der Waals surface area contributed by atoms with Crippen molar-refractivity contribution >= 4 is 11.6 Å². The smallest absolute Gasteiger partial charge is 0.272 e. The predicted octanol–water partition coefficient (Wildman–Crippen LogP) is 2.44. The molecule has 0 radical (unpaired) electrons. The maximum Gasteiger partial charge on any atom is 0.272 e. The van der Waals surface area contributed by atoms with Crippen LogP contribution in [-0.4, -0.2) is 48.6 Å². The lowest BCUT2D eigenvalue weighted by Crippen LogP contribution is -2.46. The summed E-state index contributed by atoms with van der Waals surface area (Å²) in [7, 11) is 1.79. The quantitative estimate of drug-likeness (QED) is 0.870. The summed E-state index contributed by atoms with van der Waals surface area (Å²) >= 11 is 0. The highest BCUT2D eigenvalue weighted by atomic mass is 16.5. The molecule has 0 unspecified atom stereocenters. The van der Waals surface area contributed by atoms with Crippen LogP contribution >= 0.6 is 0 Å². The Kier molecular flexibility index (Phi) is 4.46. The van der Waals surface area contributed by atoms with E-state index >= 15 is 0 Å². The van der Waals surface area contributed by atoms with Gasteiger partial charge in [-0.05, 0) is 31.2 Å². The lowest BCUT2D eigenvalue weighted by molar-refractivity contribution is 0.0704. The number of aromatic nitrogens is 1. The van der Waals surface area contributed by atoms with Crippen LogP contribution in [0.5, 0.6) is 5.75 Å². The van der Waals surface area contributed by atoms with Gasteiger partial charge < -0.3 is 14.5 Å². The van der Waals surface area contributed by atoms with E-state index in [9.17, 15) is 4.79 Å². The summed E-state index contributed by atoms with van der Waals surface area (Å²) in [5.74, 6) is 0.792. The molecule has 5 nitrogen and oxygen atoms in total. The number of pyridine rings is 1. The molecule has 2 heterocycles. The Labute approximate surface area is 136 Å². The summed E-state index contributed by atoms with van der Waals surface area (Å²) < 4.78 is 6.06. The molecular formula is C18H21N3O2. The number of carbonyl (C=O) groups is 1. The van der Waals surface area contributed by atoms with E-state index in [-0.39, 0.29) is 12.0 Å². The Morgan fingerprint density at radius 3 is 2.83 bits per heavy atom. The van der Waals surface area contributed by atoms with Crippen molar-refractivity contribution in [2.45, 2.75) is 13.0 Å². The third-order valence-corrected chi connectivity index (χ3v) is 4.01. The van der Waals surface area contributed by atoms with Gasteiger partial charge in [0.25, 0.3) is 5.91 Å². The largest absolute Gasteiger partial charge is 0.485 e. The van der Waals surface area contributed by atoms with Crippen molar-refractivity contribution in [3.63, 3.8) is 0 Å². The highest BCUT2D eigenvalue weighted by Crippen LogP contribution is 2.32. The van der Waals surface area contributed by atoms with Gasteiger partial charge in [0, 0.05) is 19.8 Å². The highest BCUT2D eigenvalue weighted by molar-refractivity contribution is 5.92. The zero-order valence-corrected chi connectivity index (χ0v) is 13.5. The molecule has 0 saturated carbocycles. The van der Waals surface area contributed by atoms with Gasteiger partial charge in [0.05, 0.1) is 18.8 Å². The number of rotatable bonds is 4. The number of hydrogen-bond acceptors (Lipinski definition) is 4. The third kappa shape index (κ3) is 3.28. The first-order chi connectivity index (χ1) is 11.2. The van der Waals surface area contributed by atoms with Crippen LogP contribution in [0, 0.1) is 0 Å². The van der Waals surface area contributed by atoms with Gasteiger partial charge in [-0.1, -0.05) is 18.2 Å². The molecule has 23 heavy (non-hydrogen) atoms. The van der Waals surface area contributed by atoms with E-state index in [4.69, 9.17) is 4.74 Å². The minimum atomic E-state index is -0.0869. The standard InChI is InChI=1S/C18H21N3O2/c1-3-21-13-14(23-17-10-5-4-9-16(17)21)12-20(2)18(22)15-8-6-7-11-19-15/h4-11,14H,3,12-13H2,1-2H3/t14-/m1/s1. The fraction of sp³-hybridized carbons (Fsp3) is 0.333. The van der Waals surface area contributed by atoms with Crippen LogP contribution in [0.1, 0.15) is 17.4 Å². The summed E-state index contributed by atoms with van der Waals surface area (Å²) in [6.45, 7) is 4.34. The lowest BCUT2D eigenvalue weighted by atomic mass is 10.1. The molecule has 0 N–H and O–H groups in total. The summed E-state index contributed by atoms with van der Waals surface area (Å²) in [6.07, 6.45) is 1.58. The molecule has 3 rings (SSSR count). The number of likely N-dealkylation sites (N-methyl/N-ethyl adjacent to an activating group) is 2. The molecule has 120 valence electrons. The molecule has 1 atom stereocenters. The Hall–Kier alpha value is -2.56. The van der Waals surface area contributed by atoms with Gasteiger partial charge in [0.2, 0.25) is 0 Å². The minimum Gasteiger partial charge on any atom is -0.485 e. The van der Waals surface area contributed by atoms with Gasteiger partial charge in [-0.3, -0.25) is 9.78 Å². The summed E-state index contributed by atoms with van der Waals surface area (Å²) in [4.78, 5) is 20.5. The first-order valence-electron chi connectivity index (χ1n) is 7.86. The first-order valence-corrected chi connectivity index (χ1v) is 7.86. The van der Waals surface area contributed by atoms with Crippen LogP contribution in [0.2, 0.25) is 0 Å².